The Morgan fingerprint density at radius 3 is 2.44 bits per heavy atom. The maximum atomic E-state index is 10.9. The maximum Gasteiger partial charge on any atom is 0.334 e. The first kappa shape index (κ1) is 12.4. The summed E-state index contributed by atoms with van der Waals surface area (Å²) in [5.41, 5.74) is 5.35. The van der Waals surface area contributed by atoms with Gasteiger partial charge in [0.25, 0.3) is 0 Å². The van der Waals surface area contributed by atoms with Crippen molar-refractivity contribution in [2.24, 2.45) is 0 Å². The highest BCUT2D eigenvalue weighted by molar-refractivity contribution is 5.58. The quantitative estimate of drug-likeness (QED) is 0.583. The molecular weight excluding hydrogens is 212 g/mol. The zero-order valence-corrected chi connectivity index (χ0v) is 9.60. The highest BCUT2D eigenvalue weighted by Crippen LogP contribution is 2.34. The normalized spacial score (nSPS) is 11.8. The molecule has 0 aliphatic heterocycles. The topological polar surface area (TPSA) is 107 Å². The molecule has 1 aromatic heterocycles. The van der Waals surface area contributed by atoms with E-state index in [1.807, 2.05) is 20.8 Å². The molecule has 16 heavy (non-hydrogen) atoms. The van der Waals surface area contributed by atoms with E-state index in [-0.39, 0.29) is 24.7 Å². The zero-order chi connectivity index (χ0) is 12.5. The van der Waals surface area contributed by atoms with Crippen LogP contribution in [0.25, 0.3) is 0 Å². The fourth-order valence-electron chi connectivity index (χ4n) is 1.42. The fourth-order valence-corrected chi connectivity index (χ4v) is 1.42. The van der Waals surface area contributed by atoms with Crippen LogP contribution >= 0.6 is 0 Å². The number of aliphatic hydroxyl groups is 1. The van der Waals surface area contributed by atoms with Crippen LogP contribution in [0.15, 0.2) is 0 Å². The summed E-state index contributed by atoms with van der Waals surface area (Å²) in [7, 11) is 0. The number of nitrogens with zero attached hydrogens (tertiary/aromatic N) is 3. The third kappa shape index (κ3) is 2.13. The van der Waals surface area contributed by atoms with Crippen LogP contribution in [0.5, 0.6) is 0 Å². The number of nitrogens with two attached hydrogens (primary N) is 1. The van der Waals surface area contributed by atoms with E-state index < -0.39 is 10.3 Å². The van der Waals surface area contributed by atoms with E-state index in [4.69, 9.17) is 10.8 Å². The summed E-state index contributed by atoms with van der Waals surface area (Å²) in [6.45, 7) is 5.47. The number of aromatic nitrogens is 2. The predicted molar refractivity (Wildman–Crippen MR) is 59.1 cm³/mol. The van der Waals surface area contributed by atoms with Gasteiger partial charge >= 0.3 is 5.69 Å². The van der Waals surface area contributed by atoms with Crippen molar-refractivity contribution >= 4 is 11.5 Å². The summed E-state index contributed by atoms with van der Waals surface area (Å²) in [5, 5.41) is 23.8. The zero-order valence-electron chi connectivity index (χ0n) is 9.60. The van der Waals surface area contributed by atoms with E-state index in [9.17, 15) is 10.1 Å². The lowest BCUT2D eigenvalue weighted by atomic mass is 9.91. The molecule has 1 rings (SSSR count). The van der Waals surface area contributed by atoms with Gasteiger partial charge in [0.2, 0.25) is 5.82 Å². The summed E-state index contributed by atoms with van der Waals surface area (Å²) in [5.74, 6) is -0.0102. The van der Waals surface area contributed by atoms with E-state index >= 15 is 0 Å². The largest absolute Gasteiger partial charge is 0.394 e. The van der Waals surface area contributed by atoms with Crippen molar-refractivity contribution in [2.75, 3.05) is 12.3 Å². The molecule has 1 aromatic rings. The molecule has 0 aromatic carbocycles. The molecule has 0 aliphatic carbocycles. The van der Waals surface area contributed by atoms with Gasteiger partial charge in [0.1, 0.15) is 5.69 Å². The second-order valence-corrected chi connectivity index (χ2v) is 4.54. The average molecular weight is 228 g/mol. The van der Waals surface area contributed by atoms with Gasteiger partial charge in [-0.25, -0.2) is 4.68 Å². The third-order valence-electron chi connectivity index (χ3n) is 2.17. The first-order valence-electron chi connectivity index (χ1n) is 4.91. The molecule has 0 spiro atoms. The second-order valence-electron chi connectivity index (χ2n) is 4.54. The van der Waals surface area contributed by atoms with Gasteiger partial charge in [0, 0.05) is 5.41 Å². The number of anilines is 1. The molecule has 0 saturated heterocycles. The van der Waals surface area contributed by atoms with Crippen LogP contribution < -0.4 is 5.73 Å². The van der Waals surface area contributed by atoms with Crippen molar-refractivity contribution in [3.05, 3.63) is 15.8 Å². The van der Waals surface area contributed by atoms with Crippen LogP contribution in [0, 0.1) is 10.1 Å². The minimum Gasteiger partial charge on any atom is -0.394 e. The predicted octanol–water partition coefficient (Wildman–Crippen LogP) is 0.663. The molecule has 0 aliphatic rings. The van der Waals surface area contributed by atoms with E-state index in [0.717, 1.165) is 0 Å². The monoisotopic (exact) mass is 228 g/mol. The number of rotatable bonds is 3. The minimum atomic E-state index is -0.531. The number of hydrogen-bond donors (Lipinski definition) is 2. The molecule has 0 amide bonds. The summed E-state index contributed by atoms with van der Waals surface area (Å²) >= 11 is 0. The summed E-state index contributed by atoms with van der Waals surface area (Å²) in [6.07, 6.45) is 0. The Kier molecular flexibility index (Phi) is 3.18. The molecule has 0 unspecified atom stereocenters. The maximum absolute atomic E-state index is 10.9. The smallest absolute Gasteiger partial charge is 0.334 e. The first-order chi connectivity index (χ1) is 7.29. The van der Waals surface area contributed by atoms with E-state index in [2.05, 4.69) is 5.10 Å². The van der Waals surface area contributed by atoms with Crippen LogP contribution in [0.1, 0.15) is 26.5 Å². The molecule has 0 fully saturated rings. The molecule has 3 N–H and O–H groups in total. The lowest BCUT2D eigenvalue weighted by molar-refractivity contribution is -0.385. The van der Waals surface area contributed by atoms with E-state index in [0.29, 0.717) is 5.69 Å². The molecule has 0 saturated carbocycles. The lowest BCUT2D eigenvalue weighted by Crippen LogP contribution is -2.15. The Labute approximate surface area is 93.0 Å². The SMILES string of the molecule is CC(C)(C)c1nn(CCO)c(N)c1[N+](=O)[O-]. The summed E-state index contributed by atoms with van der Waals surface area (Å²) in [4.78, 5) is 10.4. The standard InChI is InChI=1S/C9H16N4O3/c1-9(2,3)7-6(13(15)16)8(10)12(11-7)4-5-14/h14H,4-5,10H2,1-3H3. The molecule has 1 heterocycles. The van der Waals surface area contributed by atoms with Crippen LogP contribution in [0.3, 0.4) is 0 Å². The van der Waals surface area contributed by atoms with Crippen LogP contribution in [-0.4, -0.2) is 26.4 Å². The summed E-state index contributed by atoms with van der Waals surface area (Å²) in [6, 6.07) is 0. The first-order valence-corrected chi connectivity index (χ1v) is 4.91. The van der Waals surface area contributed by atoms with Gasteiger partial charge in [-0.05, 0) is 0 Å². The average Bonchev–Trinajstić information content (AvgIpc) is 2.44. The van der Waals surface area contributed by atoms with Gasteiger partial charge in [0.05, 0.1) is 18.1 Å². The molecule has 90 valence electrons. The number of hydrogen-bond acceptors (Lipinski definition) is 5. The third-order valence-corrected chi connectivity index (χ3v) is 2.17. The van der Waals surface area contributed by atoms with Crippen molar-refractivity contribution in [3.63, 3.8) is 0 Å². The van der Waals surface area contributed by atoms with Gasteiger partial charge < -0.3 is 10.8 Å². The molecular formula is C9H16N4O3. The Balaban J connectivity index is 3.37. The van der Waals surface area contributed by atoms with Crippen LogP contribution in [0.2, 0.25) is 0 Å². The van der Waals surface area contributed by atoms with Gasteiger partial charge in [-0.2, -0.15) is 5.10 Å². The highest BCUT2D eigenvalue weighted by atomic mass is 16.6. The van der Waals surface area contributed by atoms with Crippen molar-refractivity contribution in [2.45, 2.75) is 32.7 Å². The molecule has 0 bridgehead atoms. The van der Waals surface area contributed by atoms with Gasteiger partial charge in [-0.1, -0.05) is 20.8 Å². The van der Waals surface area contributed by atoms with Crippen molar-refractivity contribution < 1.29 is 10.0 Å². The Bertz CT molecular complexity index is 406. The Morgan fingerprint density at radius 2 is 2.12 bits per heavy atom. The minimum absolute atomic E-state index is 0.0102. The Hall–Kier alpha value is -1.63. The van der Waals surface area contributed by atoms with E-state index in [1.165, 1.54) is 4.68 Å². The molecule has 7 heteroatoms. The lowest BCUT2D eigenvalue weighted by Gasteiger charge is -2.13. The molecule has 7 nitrogen and oxygen atoms in total. The van der Waals surface area contributed by atoms with Crippen molar-refractivity contribution in [1.82, 2.24) is 9.78 Å². The number of nitro groups is 1. The molecule has 0 radical (unpaired) electrons. The fraction of sp³-hybridized carbons (Fsp3) is 0.667. The number of nitrogen functional groups attached to an aromatic ring is 1. The highest BCUT2D eigenvalue weighted by Gasteiger charge is 2.33. The van der Waals surface area contributed by atoms with Gasteiger partial charge in [0.15, 0.2) is 0 Å². The second kappa shape index (κ2) is 4.09. The van der Waals surface area contributed by atoms with Crippen LogP contribution in [-0.2, 0) is 12.0 Å². The van der Waals surface area contributed by atoms with Crippen LogP contribution in [0.4, 0.5) is 11.5 Å². The van der Waals surface area contributed by atoms with Gasteiger partial charge in [-0.15, -0.1) is 0 Å². The van der Waals surface area contributed by atoms with E-state index in [1.54, 1.807) is 0 Å². The number of aliphatic hydroxyl groups excluding tert-OH is 1. The van der Waals surface area contributed by atoms with Crippen molar-refractivity contribution in [3.8, 4) is 0 Å². The molecule has 0 atom stereocenters. The van der Waals surface area contributed by atoms with Gasteiger partial charge in [-0.3, -0.25) is 10.1 Å². The Morgan fingerprint density at radius 1 is 1.56 bits per heavy atom. The summed E-state index contributed by atoms with van der Waals surface area (Å²) < 4.78 is 1.26. The van der Waals surface area contributed by atoms with Crippen molar-refractivity contribution in [1.29, 1.82) is 0 Å².